The Labute approximate surface area is 128 Å². The molecule has 21 heavy (non-hydrogen) atoms. The van der Waals surface area contributed by atoms with Gasteiger partial charge in [-0.05, 0) is 70.4 Å². The minimum absolute atomic E-state index is 0.343. The van der Waals surface area contributed by atoms with Crippen LogP contribution in [-0.4, -0.2) is 42.2 Å². The van der Waals surface area contributed by atoms with E-state index in [2.05, 4.69) is 30.1 Å². The van der Waals surface area contributed by atoms with Crippen molar-refractivity contribution in [3.05, 3.63) is 41.5 Å². The molecule has 116 valence electrons. The lowest BCUT2D eigenvalue weighted by molar-refractivity contribution is 0.215. The van der Waals surface area contributed by atoms with Gasteiger partial charge in [-0.25, -0.2) is 0 Å². The molecule has 1 aliphatic heterocycles. The maximum absolute atomic E-state index is 9.26. The van der Waals surface area contributed by atoms with Crippen LogP contribution in [0.4, 0.5) is 0 Å². The predicted molar refractivity (Wildman–Crippen MR) is 88.7 cm³/mol. The van der Waals surface area contributed by atoms with Crippen LogP contribution in [0.2, 0.25) is 0 Å². The number of hydrogen-bond donors (Lipinski definition) is 2. The molecule has 1 fully saturated rings. The molecule has 0 spiro atoms. The van der Waals surface area contributed by atoms with Crippen molar-refractivity contribution in [3.8, 4) is 5.75 Å². The molecule has 1 aromatic rings. The number of nitrogens with zero attached hydrogens (tertiary/aromatic N) is 1. The number of phenols is 1. The third-order valence-corrected chi connectivity index (χ3v) is 4.13. The summed E-state index contributed by atoms with van der Waals surface area (Å²) in [4.78, 5) is 2.53. The summed E-state index contributed by atoms with van der Waals surface area (Å²) in [6.45, 7) is 8.84. The normalized spacial score (nSPS) is 16.9. The summed E-state index contributed by atoms with van der Waals surface area (Å²) >= 11 is 0. The molecule has 1 saturated heterocycles. The molecule has 1 aliphatic rings. The Bertz CT molecular complexity index is 441. The number of nitrogens with one attached hydrogen (secondary N) is 1. The van der Waals surface area contributed by atoms with Crippen LogP contribution in [0.25, 0.3) is 0 Å². The van der Waals surface area contributed by atoms with E-state index in [4.69, 9.17) is 0 Å². The van der Waals surface area contributed by atoms with Crippen molar-refractivity contribution in [1.29, 1.82) is 0 Å². The minimum Gasteiger partial charge on any atom is -0.508 e. The lowest BCUT2D eigenvalue weighted by Crippen LogP contribution is -2.43. The first-order valence-electron chi connectivity index (χ1n) is 8.00. The van der Waals surface area contributed by atoms with Crippen LogP contribution >= 0.6 is 0 Å². The van der Waals surface area contributed by atoms with Gasteiger partial charge in [0.1, 0.15) is 5.75 Å². The summed E-state index contributed by atoms with van der Waals surface area (Å²) < 4.78 is 0. The molecule has 1 heterocycles. The number of benzene rings is 1. The van der Waals surface area contributed by atoms with Crippen LogP contribution in [0, 0.1) is 0 Å². The SMILES string of the molecule is CC(C)=CCN1CCC(NCCc2ccc(O)cc2)CC1. The summed E-state index contributed by atoms with van der Waals surface area (Å²) in [5.41, 5.74) is 2.69. The molecule has 0 bridgehead atoms. The van der Waals surface area contributed by atoms with E-state index in [0.29, 0.717) is 11.8 Å². The molecule has 3 heteroatoms. The second kappa shape index (κ2) is 8.20. The Morgan fingerprint density at radius 3 is 2.52 bits per heavy atom. The van der Waals surface area contributed by atoms with E-state index in [0.717, 1.165) is 19.5 Å². The molecule has 2 rings (SSSR count). The van der Waals surface area contributed by atoms with E-state index < -0.39 is 0 Å². The lowest BCUT2D eigenvalue weighted by atomic mass is 10.0. The Kier molecular flexibility index (Phi) is 6.27. The van der Waals surface area contributed by atoms with Crippen LogP contribution in [0.1, 0.15) is 32.3 Å². The molecule has 0 atom stereocenters. The van der Waals surface area contributed by atoms with Crippen molar-refractivity contribution in [1.82, 2.24) is 10.2 Å². The van der Waals surface area contributed by atoms with Gasteiger partial charge < -0.3 is 10.4 Å². The average Bonchev–Trinajstić information content (AvgIpc) is 2.48. The molecule has 0 aliphatic carbocycles. The number of likely N-dealkylation sites (tertiary alicyclic amines) is 1. The number of aromatic hydroxyl groups is 1. The van der Waals surface area contributed by atoms with E-state index in [1.54, 1.807) is 12.1 Å². The van der Waals surface area contributed by atoms with Crippen molar-refractivity contribution in [2.24, 2.45) is 0 Å². The van der Waals surface area contributed by atoms with Gasteiger partial charge in [-0.2, -0.15) is 0 Å². The Morgan fingerprint density at radius 2 is 1.90 bits per heavy atom. The first kappa shape index (κ1) is 16.1. The van der Waals surface area contributed by atoms with Gasteiger partial charge in [0, 0.05) is 12.6 Å². The van der Waals surface area contributed by atoms with Gasteiger partial charge in [0.15, 0.2) is 0 Å². The molecule has 2 N–H and O–H groups in total. The van der Waals surface area contributed by atoms with Crippen molar-refractivity contribution in [2.45, 2.75) is 39.2 Å². The molecule has 0 radical (unpaired) electrons. The van der Waals surface area contributed by atoms with Gasteiger partial charge in [0.2, 0.25) is 0 Å². The summed E-state index contributed by atoms with van der Waals surface area (Å²) in [5, 5.41) is 12.9. The number of piperidine rings is 1. The first-order chi connectivity index (χ1) is 10.1. The van der Waals surface area contributed by atoms with E-state index in [1.165, 1.54) is 37.1 Å². The molecule has 0 unspecified atom stereocenters. The van der Waals surface area contributed by atoms with E-state index in [9.17, 15) is 5.11 Å². The summed E-state index contributed by atoms with van der Waals surface area (Å²) in [7, 11) is 0. The van der Waals surface area contributed by atoms with E-state index in [-0.39, 0.29) is 0 Å². The molecular formula is C18H28N2O. The number of rotatable bonds is 6. The van der Waals surface area contributed by atoms with Gasteiger partial charge in [0.25, 0.3) is 0 Å². The van der Waals surface area contributed by atoms with Crippen molar-refractivity contribution >= 4 is 0 Å². The zero-order chi connectivity index (χ0) is 15.1. The molecule has 0 saturated carbocycles. The summed E-state index contributed by atoms with van der Waals surface area (Å²) in [5.74, 6) is 0.343. The van der Waals surface area contributed by atoms with Crippen molar-refractivity contribution < 1.29 is 5.11 Å². The van der Waals surface area contributed by atoms with Crippen LogP contribution in [0.3, 0.4) is 0 Å². The fourth-order valence-electron chi connectivity index (χ4n) is 2.71. The van der Waals surface area contributed by atoms with Crippen molar-refractivity contribution in [3.63, 3.8) is 0 Å². The highest BCUT2D eigenvalue weighted by Crippen LogP contribution is 2.12. The summed E-state index contributed by atoms with van der Waals surface area (Å²) in [6, 6.07) is 8.18. The standard InChI is InChI=1S/C18H28N2O/c1-15(2)8-12-20-13-9-17(10-14-20)19-11-7-16-3-5-18(21)6-4-16/h3-6,8,17,19,21H,7,9-14H2,1-2H3. The van der Waals surface area contributed by atoms with Crippen LogP contribution in [0.5, 0.6) is 5.75 Å². The van der Waals surface area contributed by atoms with Gasteiger partial charge in [-0.15, -0.1) is 0 Å². The maximum Gasteiger partial charge on any atom is 0.115 e. The van der Waals surface area contributed by atoms with Crippen LogP contribution in [-0.2, 0) is 6.42 Å². The third-order valence-electron chi connectivity index (χ3n) is 4.13. The largest absolute Gasteiger partial charge is 0.508 e. The third kappa shape index (κ3) is 5.90. The predicted octanol–water partition coefficient (Wildman–Crippen LogP) is 2.95. The monoisotopic (exact) mass is 288 g/mol. The minimum atomic E-state index is 0.343. The average molecular weight is 288 g/mol. The zero-order valence-corrected chi connectivity index (χ0v) is 13.3. The van der Waals surface area contributed by atoms with E-state index >= 15 is 0 Å². The molecule has 0 amide bonds. The highest BCUT2D eigenvalue weighted by atomic mass is 16.3. The second-order valence-electron chi connectivity index (χ2n) is 6.23. The highest BCUT2D eigenvalue weighted by molar-refractivity contribution is 5.25. The fourth-order valence-corrected chi connectivity index (χ4v) is 2.71. The quantitative estimate of drug-likeness (QED) is 0.790. The topological polar surface area (TPSA) is 35.5 Å². The molecule has 0 aromatic heterocycles. The van der Waals surface area contributed by atoms with E-state index in [1.807, 2.05) is 12.1 Å². The number of allylic oxidation sites excluding steroid dienone is 1. The highest BCUT2D eigenvalue weighted by Gasteiger charge is 2.17. The molecule has 3 nitrogen and oxygen atoms in total. The lowest BCUT2D eigenvalue weighted by Gasteiger charge is -2.31. The molecule has 1 aromatic carbocycles. The Morgan fingerprint density at radius 1 is 1.24 bits per heavy atom. The zero-order valence-electron chi connectivity index (χ0n) is 13.3. The number of hydrogen-bond acceptors (Lipinski definition) is 3. The van der Waals surface area contributed by atoms with Gasteiger partial charge in [-0.3, -0.25) is 4.90 Å². The van der Waals surface area contributed by atoms with Crippen molar-refractivity contribution in [2.75, 3.05) is 26.2 Å². The summed E-state index contributed by atoms with van der Waals surface area (Å²) in [6.07, 6.45) is 5.83. The molecular weight excluding hydrogens is 260 g/mol. The second-order valence-corrected chi connectivity index (χ2v) is 6.23. The van der Waals surface area contributed by atoms with Gasteiger partial charge >= 0.3 is 0 Å². The smallest absolute Gasteiger partial charge is 0.115 e. The van der Waals surface area contributed by atoms with Gasteiger partial charge in [0.05, 0.1) is 0 Å². The maximum atomic E-state index is 9.26. The van der Waals surface area contributed by atoms with Gasteiger partial charge in [-0.1, -0.05) is 23.8 Å². The van der Waals surface area contributed by atoms with Crippen LogP contribution < -0.4 is 5.32 Å². The Balaban J connectivity index is 1.62. The van der Waals surface area contributed by atoms with Crippen LogP contribution in [0.15, 0.2) is 35.9 Å². The Hall–Kier alpha value is -1.32. The fraction of sp³-hybridized carbons (Fsp3) is 0.556. The number of phenolic OH excluding ortho intramolecular Hbond substituents is 1. The first-order valence-corrected chi connectivity index (χ1v) is 8.00.